The van der Waals surface area contributed by atoms with Gasteiger partial charge in [-0.2, -0.15) is 0 Å². The first kappa shape index (κ1) is 3.86. The fourth-order valence-corrected chi connectivity index (χ4v) is 2.32. The van der Waals surface area contributed by atoms with Gasteiger partial charge in [-0.05, 0) is 63.8 Å². The van der Waals surface area contributed by atoms with Crippen LogP contribution in [0.5, 0.6) is 11.5 Å². The Bertz CT molecular complexity index is 1530. The van der Waals surface area contributed by atoms with Crippen molar-refractivity contribution in [2.75, 3.05) is 0 Å². The summed E-state index contributed by atoms with van der Waals surface area (Å²) in [6.07, 6.45) is -24.5. The molecule has 0 saturated heterocycles. The van der Waals surface area contributed by atoms with Gasteiger partial charge in [0, 0.05) is 47.5 Å². The second kappa shape index (κ2) is 6.22. The van der Waals surface area contributed by atoms with E-state index in [4.69, 9.17) is 37.6 Å². The van der Waals surface area contributed by atoms with Crippen molar-refractivity contribution >= 4 is 0 Å². The average molecular weight is 340 g/mol. The third-order valence-corrected chi connectivity index (χ3v) is 3.25. The van der Waals surface area contributed by atoms with Crippen LogP contribution >= 0.6 is 0 Å². The zero-order valence-electron chi connectivity index (χ0n) is 36.9. The Labute approximate surface area is 175 Å². The highest BCUT2D eigenvalue weighted by Gasteiger charge is 2.45. The average Bonchev–Trinajstić information content (AvgIpc) is 2.87. The number of phenolic OH excluding ortho intramolecular Hbond substituents is 1. The second-order valence-electron chi connectivity index (χ2n) is 4.87. The largest absolute Gasteiger partial charge is 0.507 e. The Kier molecular flexibility index (Phi) is 1.05. The molecule has 1 heterocycles. The van der Waals surface area contributed by atoms with Gasteiger partial charge in [0.2, 0.25) is 0 Å². The maximum absolute atomic E-state index is 11.3. The third kappa shape index (κ3) is 3.13. The quantitative estimate of drug-likeness (QED) is 0.709. The van der Waals surface area contributed by atoms with Crippen molar-refractivity contribution in [1.29, 1.82) is 0 Å². The van der Waals surface area contributed by atoms with Gasteiger partial charge in [0.25, 0.3) is 0 Å². The van der Waals surface area contributed by atoms with Crippen LogP contribution in [0.1, 0.15) is 111 Å². The molecule has 2 atom stereocenters. The van der Waals surface area contributed by atoms with E-state index in [1.54, 1.807) is 0 Å². The SMILES string of the molecule is [2H]C1=C(C)C([2H])([2H])C([2H])([2H])[C@]2([2H])[C@@H]1c1c(O)c([2H])c(C([2H])([2H])C([2H])([2H])C([2H])([2H])C([2H])([2H])C([2H])([2H])[2H])c([2H])c1OC2(C([2H])([2H])[2H])C([2H])([2H])[2H]. The van der Waals surface area contributed by atoms with Gasteiger partial charge in [0.05, 0.1) is 4.11 Å². The molecule has 0 fully saturated rings. The number of ether oxygens (including phenoxy) is 1. The number of phenols is 1. The molecule has 0 aromatic heterocycles. The molecule has 1 aromatic rings. The van der Waals surface area contributed by atoms with E-state index in [9.17, 15) is 6.48 Å². The van der Waals surface area contributed by atoms with E-state index in [1.165, 1.54) is 0 Å². The maximum atomic E-state index is 11.3. The second-order valence-corrected chi connectivity index (χ2v) is 4.87. The summed E-state index contributed by atoms with van der Waals surface area (Å²) in [5.74, 6) is -9.81. The van der Waals surface area contributed by atoms with Crippen molar-refractivity contribution < 1.29 is 44.1 Å². The highest BCUT2D eigenvalue weighted by atomic mass is 16.5. The molecule has 0 amide bonds. The molecule has 126 valence electrons. The lowest BCUT2D eigenvalue weighted by Crippen LogP contribution is -2.45. The summed E-state index contributed by atoms with van der Waals surface area (Å²) in [6.45, 7) is -11.4. The van der Waals surface area contributed by atoms with Crippen LogP contribution in [-0.2, 0) is 6.37 Å². The minimum absolute atomic E-state index is 0.827. The number of aromatic hydroxyl groups is 1. The van der Waals surface area contributed by atoms with Gasteiger partial charge < -0.3 is 9.84 Å². The summed E-state index contributed by atoms with van der Waals surface area (Å²) in [7, 11) is 0. The predicted molar refractivity (Wildman–Crippen MR) is 95.3 cm³/mol. The number of hydrogen-bond acceptors (Lipinski definition) is 2. The number of fused-ring (bicyclic) bond motifs is 3. The van der Waals surface area contributed by atoms with E-state index in [2.05, 4.69) is 0 Å². The van der Waals surface area contributed by atoms with Gasteiger partial charge in [-0.25, -0.2) is 0 Å². The summed E-state index contributed by atoms with van der Waals surface area (Å²) in [5.41, 5.74) is -8.01. The first-order chi connectivity index (χ1) is 20.8. The summed E-state index contributed by atoms with van der Waals surface area (Å²) in [4.78, 5) is 0. The molecule has 3 rings (SSSR count). The highest BCUT2D eigenvalue weighted by Crippen LogP contribution is 2.53. The van der Waals surface area contributed by atoms with Gasteiger partial charge in [-0.15, -0.1) is 0 Å². The minimum atomic E-state index is -4.38. The lowest BCUT2D eigenvalue weighted by Gasteiger charge is -2.46. The number of benzene rings is 1. The monoisotopic (exact) mass is 339 g/mol. The highest BCUT2D eigenvalue weighted by molar-refractivity contribution is 5.53. The molecule has 0 saturated carbocycles. The molecule has 0 spiro atoms. The Morgan fingerprint density at radius 1 is 1.52 bits per heavy atom. The lowest BCUT2D eigenvalue weighted by atomic mass is 9.68. The van der Waals surface area contributed by atoms with Crippen LogP contribution in [0.25, 0.3) is 0 Å². The van der Waals surface area contributed by atoms with Crippen molar-refractivity contribution in [3.05, 3.63) is 34.8 Å². The molecule has 2 nitrogen and oxygen atoms in total. The fraction of sp³-hybridized carbons (Fsp3) is 0.619. The van der Waals surface area contributed by atoms with Crippen LogP contribution in [-0.4, -0.2) is 10.7 Å². The summed E-state index contributed by atoms with van der Waals surface area (Å²) >= 11 is 0. The predicted octanol–water partition coefficient (Wildman–Crippen LogP) is 5.74. The van der Waals surface area contributed by atoms with Gasteiger partial charge in [-0.3, -0.25) is 0 Å². The third-order valence-electron chi connectivity index (χ3n) is 3.25. The first-order valence-electron chi connectivity index (χ1n) is 19.0. The van der Waals surface area contributed by atoms with Crippen LogP contribution in [0.15, 0.2) is 23.7 Å². The van der Waals surface area contributed by atoms with Crippen LogP contribution in [0.4, 0.5) is 0 Å². The van der Waals surface area contributed by atoms with Crippen molar-refractivity contribution in [3.8, 4) is 11.5 Å². The molecule has 0 radical (unpaired) electrons. The Morgan fingerprint density at radius 2 is 2.39 bits per heavy atom. The zero-order valence-corrected chi connectivity index (χ0v) is 11.9. The molecule has 0 bridgehead atoms. The summed E-state index contributed by atoms with van der Waals surface area (Å²) in [5, 5.41) is 11.3. The molecule has 23 heavy (non-hydrogen) atoms. The summed E-state index contributed by atoms with van der Waals surface area (Å²) in [6, 6.07) is -4.49. The lowest BCUT2D eigenvalue weighted by molar-refractivity contribution is 0.0107. The van der Waals surface area contributed by atoms with E-state index in [1.807, 2.05) is 0 Å². The van der Waals surface area contributed by atoms with Gasteiger partial charge in [-0.1, -0.05) is 31.2 Å². The Balaban J connectivity index is 2.67. The molecule has 1 aromatic carbocycles. The van der Waals surface area contributed by atoms with Gasteiger partial charge >= 0.3 is 0 Å². The minimum Gasteiger partial charge on any atom is -0.507 e. The van der Waals surface area contributed by atoms with E-state index < -0.39 is 123 Å². The maximum Gasteiger partial charge on any atom is 0.127 e. The molecule has 2 aliphatic rings. The van der Waals surface area contributed by atoms with Crippen LogP contribution in [0.3, 0.4) is 0 Å². The number of hydrogen-bond donors (Lipinski definition) is 1. The van der Waals surface area contributed by atoms with Crippen LogP contribution in [0, 0.1) is 5.89 Å². The van der Waals surface area contributed by atoms with Gasteiger partial charge in [0.15, 0.2) is 0 Å². The Morgan fingerprint density at radius 3 is 3.17 bits per heavy atom. The van der Waals surface area contributed by atoms with E-state index >= 15 is 0 Å². The Hall–Kier alpha value is -1.44. The smallest absolute Gasteiger partial charge is 0.127 e. The van der Waals surface area contributed by atoms with Crippen LogP contribution in [0.2, 0.25) is 0 Å². The molecule has 1 aliphatic carbocycles. The topological polar surface area (TPSA) is 29.5 Å². The fourth-order valence-electron chi connectivity index (χ4n) is 2.32. The molecule has 1 N–H and O–H groups in total. The zero-order chi connectivity index (χ0) is 38.4. The van der Waals surface area contributed by atoms with Crippen molar-refractivity contribution in [3.63, 3.8) is 0 Å². The standard InChI is InChI=1S/C21H30O2/c1-5-6-7-8-15-12-18(22)20-16-11-14(2)9-10-17(16)21(3,4)23-19(20)13-15/h11-13,16-17,22H,5-10H2,1-4H3/t16-,17-/m1/s1/i1D3,3D3,4D3,5D2,6D2,7D2,8D2,9D2,10D2,11D,12D,13D,17D. The molecule has 1 aliphatic heterocycles. The van der Waals surface area contributed by atoms with E-state index in [-0.39, 0.29) is 0 Å². The first-order valence-corrected chi connectivity index (χ1v) is 6.50. The van der Waals surface area contributed by atoms with Gasteiger partial charge in [0.1, 0.15) is 17.1 Å². The van der Waals surface area contributed by atoms with Crippen molar-refractivity contribution in [2.45, 2.75) is 77.2 Å². The van der Waals surface area contributed by atoms with E-state index in [0.29, 0.717) is 0 Å². The molecular formula is C21H30O2. The number of rotatable bonds is 4. The van der Waals surface area contributed by atoms with Crippen molar-refractivity contribution in [2.24, 2.45) is 5.89 Å². The van der Waals surface area contributed by atoms with Crippen LogP contribution < -0.4 is 4.74 Å². The molecule has 2 heteroatoms. The molecule has 0 unspecified atom stereocenters. The van der Waals surface area contributed by atoms with Crippen molar-refractivity contribution in [1.82, 2.24) is 0 Å². The normalized spacial score (nSPS) is 53.3. The summed E-state index contributed by atoms with van der Waals surface area (Å²) < 4.78 is 212. The number of allylic oxidation sites excluding steroid dienone is 2. The van der Waals surface area contributed by atoms with E-state index in [0.717, 1.165) is 6.92 Å². The molecular weight excluding hydrogens is 284 g/mol.